The van der Waals surface area contributed by atoms with E-state index in [4.69, 9.17) is 11.6 Å². The summed E-state index contributed by atoms with van der Waals surface area (Å²) in [5.41, 5.74) is 2.24. The zero-order valence-corrected chi connectivity index (χ0v) is 14.3. The molecule has 0 radical (unpaired) electrons. The highest BCUT2D eigenvalue weighted by Crippen LogP contribution is 2.24. The van der Waals surface area contributed by atoms with Crippen molar-refractivity contribution in [2.75, 3.05) is 11.9 Å². The zero-order chi connectivity index (χ0) is 17.8. The average molecular weight is 361 g/mol. The van der Waals surface area contributed by atoms with Gasteiger partial charge in [-0.2, -0.15) is 0 Å². The van der Waals surface area contributed by atoms with Crippen molar-refractivity contribution < 1.29 is 14.0 Å². The predicted molar refractivity (Wildman–Crippen MR) is 95.5 cm³/mol. The number of rotatable bonds is 5. The van der Waals surface area contributed by atoms with E-state index in [0.29, 0.717) is 29.1 Å². The number of halogens is 2. The molecule has 1 aliphatic heterocycles. The molecule has 0 atom stereocenters. The van der Waals surface area contributed by atoms with Gasteiger partial charge in [0.25, 0.3) is 0 Å². The Kier molecular flexibility index (Phi) is 5.46. The fraction of sp³-hybridized carbons (Fsp3) is 0.263. The highest BCUT2D eigenvalue weighted by molar-refractivity contribution is 6.30. The van der Waals surface area contributed by atoms with Crippen molar-refractivity contribution in [3.63, 3.8) is 0 Å². The minimum absolute atomic E-state index is 0.000456. The van der Waals surface area contributed by atoms with Crippen molar-refractivity contribution in [3.8, 4) is 0 Å². The molecule has 0 bridgehead atoms. The molecule has 1 amide bonds. The number of carbonyl (C=O) groups is 2. The maximum absolute atomic E-state index is 14.5. The Morgan fingerprint density at radius 1 is 1.12 bits per heavy atom. The third kappa shape index (κ3) is 4.24. The molecular formula is C19H18ClFN2O2. The number of hydrogen-bond donors (Lipinski definition) is 2. The number of benzene rings is 2. The van der Waals surface area contributed by atoms with Crippen LogP contribution in [-0.2, 0) is 17.8 Å². The SMILES string of the molecule is O=C(CCC(=O)c1ccc(Cl)cc1)Nc1ccc2c(c1F)CCNC2. The number of hydrogen-bond acceptors (Lipinski definition) is 3. The van der Waals surface area contributed by atoms with E-state index in [0.717, 1.165) is 12.1 Å². The highest BCUT2D eigenvalue weighted by Gasteiger charge is 2.18. The summed E-state index contributed by atoms with van der Waals surface area (Å²) in [5, 5.41) is 6.30. The number of amides is 1. The Morgan fingerprint density at radius 2 is 1.88 bits per heavy atom. The van der Waals surface area contributed by atoms with Crippen molar-refractivity contribution in [2.45, 2.75) is 25.8 Å². The van der Waals surface area contributed by atoms with E-state index in [1.165, 1.54) is 0 Å². The van der Waals surface area contributed by atoms with Crippen LogP contribution < -0.4 is 10.6 Å². The van der Waals surface area contributed by atoms with Crippen molar-refractivity contribution in [2.24, 2.45) is 0 Å². The summed E-state index contributed by atoms with van der Waals surface area (Å²) >= 11 is 5.78. The summed E-state index contributed by atoms with van der Waals surface area (Å²) in [6, 6.07) is 9.90. The first-order valence-electron chi connectivity index (χ1n) is 8.14. The van der Waals surface area contributed by atoms with Gasteiger partial charge < -0.3 is 10.6 Å². The first-order valence-corrected chi connectivity index (χ1v) is 8.52. The summed E-state index contributed by atoms with van der Waals surface area (Å²) < 4.78 is 14.5. The van der Waals surface area contributed by atoms with E-state index in [-0.39, 0.29) is 36.0 Å². The molecule has 0 unspecified atom stereocenters. The number of anilines is 1. The van der Waals surface area contributed by atoms with Crippen LogP contribution in [0.4, 0.5) is 10.1 Å². The van der Waals surface area contributed by atoms with E-state index >= 15 is 0 Å². The molecule has 1 aliphatic rings. The van der Waals surface area contributed by atoms with Gasteiger partial charge >= 0.3 is 0 Å². The maximum Gasteiger partial charge on any atom is 0.224 e. The fourth-order valence-electron chi connectivity index (χ4n) is 2.85. The van der Waals surface area contributed by atoms with E-state index in [1.807, 2.05) is 6.07 Å². The lowest BCUT2D eigenvalue weighted by Gasteiger charge is -2.19. The second kappa shape index (κ2) is 7.76. The Morgan fingerprint density at radius 3 is 2.64 bits per heavy atom. The summed E-state index contributed by atoms with van der Waals surface area (Å²) in [6.45, 7) is 1.35. The second-order valence-corrected chi connectivity index (χ2v) is 6.41. The van der Waals surface area contributed by atoms with Crippen LogP contribution in [0.1, 0.15) is 34.3 Å². The summed E-state index contributed by atoms with van der Waals surface area (Å²) in [6.07, 6.45) is 0.656. The Hall–Kier alpha value is -2.24. The van der Waals surface area contributed by atoms with Crippen LogP contribution >= 0.6 is 11.6 Å². The topological polar surface area (TPSA) is 58.2 Å². The number of ketones is 1. The lowest BCUT2D eigenvalue weighted by Crippen LogP contribution is -2.25. The zero-order valence-electron chi connectivity index (χ0n) is 13.6. The molecule has 0 saturated heterocycles. The lowest BCUT2D eigenvalue weighted by atomic mass is 9.99. The smallest absolute Gasteiger partial charge is 0.224 e. The van der Waals surface area contributed by atoms with Gasteiger partial charge in [0.1, 0.15) is 5.82 Å². The Bertz CT molecular complexity index is 806. The van der Waals surface area contributed by atoms with Crippen LogP contribution in [0, 0.1) is 5.82 Å². The van der Waals surface area contributed by atoms with Gasteiger partial charge in [0.2, 0.25) is 5.91 Å². The minimum atomic E-state index is -0.380. The molecule has 25 heavy (non-hydrogen) atoms. The van der Waals surface area contributed by atoms with Gasteiger partial charge in [0.15, 0.2) is 5.78 Å². The number of carbonyl (C=O) groups excluding carboxylic acids is 2. The van der Waals surface area contributed by atoms with Gasteiger partial charge in [0.05, 0.1) is 5.69 Å². The molecule has 0 aromatic heterocycles. The van der Waals surface area contributed by atoms with E-state index < -0.39 is 0 Å². The molecule has 2 aromatic carbocycles. The van der Waals surface area contributed by atoms with E-state index in [1.54, 1.807) is 30.3 Å². The van der Waals surface area contributed by atoms with Crippen molar-refractivity contribution in [1.29, 1.82) is 0 Å². The molecule has 0 saturated carbocycles. The molecule has 0 spiro atoms. The normalized spacial score (nSPS) is 13.2. The molecule has 130 valence electrons. The largest absolute Gasteiger partial charge is 0.324 e. The van der Waals surface area contributed by atoms with Crippen LogP contribution in [0.3, 0.4) is 0 Å². The Labute approximate surface area is 150 Å². The fourth-order valence-corrected chi connectivity index (χ4v) is 2.98. The average Bonchev–Trinajstić information content (AvgIpc) is 2.63. The first kappa shape index (κ1) is 17.6. The maximum atomic E-state index is 14.5. The van der Waals surface area contributed by atoms with Crippen molar-refractivity contribution in [1.82, 2.24) is 5.32 Å². The third-order valence-corrected chi connectivity index (χ3v) is 4.48. The standard InChI is InChI=1S/C19H18ClFN2O2/c20-14-4-1-12(2-5-14)17(24)7-8-18(25)23-16-6-3-13-11-22-10-9-15(13)19(16)21/h1-6,22H,7-11H2,(H,23,25). The van der Waals surface area contributed by atoms with Gasteiger partial charge in [-0.3, -0.25) is 9.59 Å². The number of fused-ring (bicyclic) bond motifs is 1. The molecule has 4 nitrogen and oxygen atoms in total. The van der Waals surface area contributed by atoms with Crippen LogP contribution in [0.25, 0.3) is 0 Å². The van der Waals surface area contributed by atoms with Gasteiger partial charge in [-0.05, 0) is 54.4 Å². The summed E-state index contributed by atoms with van der Waals surface area (Å²) in [7, 11) is 0. The molecule has 0 aliphatic carbocycles. The van der Waals surface area contributed by atoms with Gasteiger partial charge in [-0.1, -0.05) is 17.7 Å². The van der Waals surface area contributed by atoms with E-state index in [9.17, 15) is 14.0 Å². The molecule has 6 heteroatoms. The van der Waals surface area contributed by atoms with Crippen LogP contribution in [-0.4, -0.2) is 18.2 Å². The quantitative estimate of drug-likeness (QED) is 0.799. The van der Waals surface area contributed by atoms with Crippen LogP contribution in [0.15, 0.2) is 36.4 Å². The summed E-state index contributed by atoms with van der Waals surface area (Å²) in [5.74, 6) is -0.907. The van der Waals surface area contributed by atoms with Gasteiger partial charge in [-0.25, -0.2) is 4.39 Å². The molecule has 1 heterocycles. The lowest BCUT2D eigenvalue weighted by molar-refractivity contribution is -0.116. The van der Waals surface area contributed by atoms with Crippen LogP contribution in [0.5, 0.6) is 0 Å². The third-order valence-electron chi connectivity index (χ3n) is 4.23. The number of nitrogens with one attached hydrogen (secondary N) is 2. The predicted octanol–water partition coefficient (Wildman–Crippen LogP) is 3.73. The molecule has 2 N–H and O–H groups in total. The van der Waals surface area contributed by atoms with Gasteiger partial charge in [-0.15, -0.1) is 0 Å². The molecular weight excluding hydrogens is 343 g/mol. The second-order valence-electron chi connectivity index (χ2n) is 5.97. The van der Waals surface area contributed by atoms with Crippen molar-refractivity contribution >= 4 is 29.0 Å². The molecule has 0 fully saturated rings. The molecule has 3 rings (SSSR count). The highest BCUT2D eigenvalue weighted by atomic mass is 35.5. The Balaban J connectivity index is 1.59. The van der Waals surface area contributed by atoms with Crippen LogP contribution in [0.2, 0.25) is 5.02 Å². The van der Waals surface area contributed by atoms with E-state index in [2.05, 4.69) is 10.6 Å². The first-order chi connectivity index (χ1) is 12.0. The van der Waals surface area contributed by atoms with Gasteiger partial charge in [0, 0.05) is 30.0 Å². The molecule has 2 aromatic rings. The monoisotopic (exact) mass is 360 g/mol. The number of Topliss-reactive ketones (excluding diaryl/α,β-unsaturated/α-hetero) is 1. The summed E-state index contributed by atoms with van der Waals surface area (Å²) in [4.78, 5) is 24.1. The van der Waals surface area contributed by atoms with Crippen molar-refractivity contribution in [3.05, 3.63) is 63.9 Å². The minimum Gasteiger partial charge on any atom is -0.324 e.